The molecule has 0 bridgehead atoms. The molecule has 6 heteroatoms. The van der Waals surface area contributed by atoms with Crippen molar-refractivity contribution in [3.05, 3.63) is 23.5 Å². The van der Waals surface area contributed by atoms with Gasteiger partial charge in [0.05, 0.1) is 0 Å². The van der Waals surface area contributed by atoms with Gasteiger partial charge in [0, 0.05) is 18.9 Å². The average Bonchev–Trinajstić information content (AvgIpc) is 2.20. The van der Waals surface area contributed by atoms with Gasteiger partial charge in [0.2, 0.25) is 0 Å². The van der Waals surface area contributed by atoms with Crippen LogP contribution in [0.5, 0.6) is 0 Å². The largest absolute Gasteiger partial charge is 0.480 e. The zero-order chi connectivity index (χ0) is 13.2. The third-order valence-electron chi connectivity index (χ3n) is 2.52. The van der Waals surface area contributed by atoms with Crippen molar-refractivity contribution < 1.29 is 29.3 Å². The minimum absolute atomic E-state index is 0.0363. The summed E-state index contributed by atoms with van der Waals surface area (Å²) in [4.78, 5) is 32.8. The summed E-state index contributed by atoms with van der Waals surface area (Å²) >= 11 is 0. The van der Waals surface area contributed by atoms with Crippen molar-refractivity contribution in [3.8, 4) is 0 Å². The van der Waals surface area contributed by atoms with Gasteiger partial charge in [-0.1, -0.05) is 0 Å². The Morgan fingerprint density at radius 1 is 1.29 bits per heavy atom. The third kappa shape index (κ3) is 2.52. The maximum absolute atomic E-state index is 11.2. The predicted molar refractivity (Wildman–Crippen MR) is 55.9 cm³/mol. The Bertz CT molecular complexity index is 445. The molecule has 0 amide bonds. The van der Waals surface area contributed by atoms with Crippen LogP contribution in [-0.4, -0.2) is 28.1 Å². The third-order valence-corrected chi connectivity index (χ3v) is 2.52. The lowest BCUT2D eigenvalue weighted by atomic mass is 9.78. The van der Waals surface area contributed by atoms with Crippen LogP contribution < -0.4 is 0 Å². The first kappa shape index (κ1) is 13.0. The smallest absolute Gasteiger partial charge is 0.331 e. The highest BCUT2D eigenvalue weighted by molar-refractivity contribution is 5.90. The van der Waals surface area contributed by atoms with E-state index in [0.29, 0.717) is 0 Å². The second kappa shape index (κ2) is 4.40. The lowest BCUT2D eigenvalue weighted by molar-refractivity contribution is -0.150. The highest BCUT2D eigenvalue weighted by Gasteiger charge is 2.43. The fourth-order valence-electron chi connectivity index (χ4n) is 1.52. The van der Waals surface area contributed by atoms with Crippen molar-refractivity contribution in [1.29, 1.82) is 0 Å². The van der Waals surface area contributed by atoms with Crippen molar-refractivity contribution >= 4 is 17.9 Å². The molecule has 0 saturated heterocycles. The molecule has 0 aliphatic heterocycles. The van der Waals surface area contributed by atoms with E-state index >= 15 is 0 Å². The van der Waals surface area contributed by atoms with E-state index in [1.807, 2.05) is 0 Å². The Kier molecular flexibility index (Phi) is 3.36. The van der Waals surface area contributed by atoms with Crippen LogP contribution in [0.4, 0.5) is 0 Å². The van der Waals surface area contributed by atoms with Crippen LogP contribution in [0.3, 0.4) is 0 Å². The summed E-state index contributed by atoms with van der Waals surface area (Å²) in [5.41, 5.74) is -1.57. The molecule has 0 aromatic rings. The maximum atomic E-state index is 11.2. The Labute approximate surface area is 97.2 Å². The molecule has 0 aromatic heterocycles. The first-order valence-electron chi connectivity index (χ1n) is 4.84. The Balaban J connectivity index is 3.17. The number of carboxylic acid groups (broad SMARTS) is 2. The highest BCUT2D eigenvalue weighted by atomic mass is 16.5. The molecule has 0 fully saturated rings. The van der Waals surface area contributed by atoms with Crippen molar-refractivity contribution in [2.75, 3.05) is 0 Å². The van der Waals surface area contributed by atoms with E-state index in [2.05, 4.69) is 0 Å². The molecule has 0 saturated carbocycles. The number of esters is 1. The van der Waals surface area contributed by atoms with Gasteiger partial charge in [0.25, 0.3) is 0 Å². The monoisotopic (exact) mass is 240 g/mol. The van der Waals surface area contributed by atoms with E-state index in [0.717, 1.165) is 6.92 Å². The Morgan fingerprint density at radius 3 is 2.29 bits per heavy atom. The molecule has 92 valence electrons. The van der Waals surface area contributed by atoms with E-state index in [1.54, 1.807) is 0 Å². The summed E-state index contributed by atoms with van der Waals surface area (Å²) in [6.45, 7) is 2.47. The van der Waals surface area contributed by atoms with Crippen molar-refractivity contribution in [1.82, 2.24) is 0 Å². The quantitative estimate of drug-likeness (QED) is 0.712. The number of ether oxygens (including phenoxy) is 1. The summed E-state index contributed by atoms with van der Waals surface area (Å²) in [7, 11) is 0. The fourth-order valence-corrected chi connectivity index (χ4v) is 1.52. The molecule has 17 heavy (non-hydrogen) atoms. The number of carbonyl (C=O) groups excluding carboxylic acids is 1. The minimum atomic E-state index is -1.53. The molecule has 1 rings (SSSR count). The molecule has 0 heterocycles. The minimum Gasteiger partial charge on any atom is -0.480 e. The standard InChI is InChI=1S/C11H12O6/c1-6(12)17-8-4-3-7(9(13)14)5-11(8,2)10(15)16/h3-4H,5H2,1-2H3,(H,13,14)(H,15,16)/t11-/m1/s1. The predicted octanol–water partition coefficient (Wildman–Crippen LogP) is 0.939. The van der Waals surface area contributed by atoms with Crippen LogP contribution in [0, 0.1) is 5.41 Å². The number of hydrogen-bond acceptors (Lipinski definition) is 4. The molecular weight excluding hydrogens is 228 g/mol. The number of hydrogen-bond donors (Lipinski definition) is 2. The SMILES string of the molecule is CC(=O)OC1=CC=C(C(=O)O)C[C@@]1(C)C(=O)O. The van der Waals surface area contributed by atoms with Crippen molar-refractivity contribution in [2.24, 2.45) is 5.41 Å². The van der Waals surface area contributed by atoms with Gasteiger partial charge >= 0.3 is 17.9 Å². The van der Waals surface area contributed by atoms with Crippen LogP contribution in [0.25, 0.3) is 0 Å². The second-order valence-electron chi connectivity index (χ2n) is 3.94. The molecule has 0 radical (unpaired) electrons. The van der Waals surface area contributed by atoms with Gasteiger partial charge in [-0.25, -0.2) is 4.79 Å². The van der Waals surface area contributed by atoms with Gasteiger partial charge in [0.1, 0.15) is 11.2 Å². The van der Waals surface area contributed by atoms with Crippen LogP contribution in [0.15, 0.2) is 23.5 Å². The van der Waals surface area contributed by atoms with E-state index in [9.17, 15) is 14.4 Å². The van der Waals surface area contributed by atoms with Crippen LogP contribution in [0.1, 0.15) is 20.3 Å². The lowest BCUT2D eigenvalue weighted by Gasteiger charge is -2.29. The second-order valence-corrected chi connectivity index (χ2v) is 3.94. The van der Waals surface area contributed by atoms with Gasteiger partial charge < -0.3 is 14.9 Å². The summed E-state index contributed by atoms with van der Waals surface area (Å²) in [5.74, 6) is -3.12. The van der Waals surface area contributed by atoms with E-state index in [1.165, 1.54) is 19.1 Å². The Morgan fingerprint density at radius 2 is 1.88 bits per heavy atom. The topological polar surface area (TPSA) is 101 Å². The molecule has 1 aliphatic carbocycles. The fraction of sp³-hybridized carbons (Fsp3) is 0.364. The zero-order valence-electron chi connectivity index (χ0n) is 9.39. The molecule has 0 aromatic carbocycles. The van der Waals surface area contributed by atoms with Crippen LogP contribution in [0.2, 0.25) is 0 Å². The average molecular weight is 240 g/mol. The van der Waals surface area contributed by atoms with Gasteiger partial charge in [-0.2, -0.15) is 0 Å². The lowest BCUT2D eigenvalue weighted by Crippen LogP contribution is -2.34. The first-order valence-corrected chi connectivity index (χ1v) is 4.84. The van der Waals surface area contributed by atoms with Crippen molar-refractivity contribution in [2.45, 2.75) is 20.3 Å². The van der Waals surface area contributed by atoms with Crippen LogP contribution >= 0.6 is 0 Å². The molecule has 1 aliphatic rings. The summed E-state index contributed by atoms with van der Waals surface area (Å²) in [6.07, 6.45) is 2.23. The molecule has 0 spiro atoms. The number of carbonyl (C=O) groups is 3. The number of rotatable bonds is 3. The van der Waals surface area contributed by atoms with Gasteiger partial charge in [-0.15, -0.1) is 0 Å². The van der Waals surface area contributed by atoms with E-state index in [-0.39, 0.29) is 17.8 Å². The molecular formula is C11H12O6. The summed E-state index contributed by atoms with van der Waals surface area (Å²) < 4.78 is 4.80. The van der Waals surface area contributed by atoms with Gasteiger partial charge in [-0.05, 0) is 19.1 Å². The van der Waals surface area contributed by atoms with Crippen LogP contribution in [-0.2, 0) is 19.1 Å². The van der Waals surface area contributed by atoms with Gasteiger partial charge in [-0.3, -0.25) is 9.59 Å². The van der Waals surface area contributed by atoms with E-state index in [4.69, 9.17) is 14.9 Å². The normalized spacial score (nSPS) is 23.4. The number of carboxylic acids is 2. The maximum Gasteiger partial charge on any atom is 0.331 e. The number of aliphatic carboxylic acids is 2. The summed E-state index contributed by atoms with van der Waals surface area (Å²) in [5, 5.41) is 18.0. The first-order chi connectivity index (χ1) is 7.77. The Hall–Kier alpha value is -2.11. The van der Waals surface area contributed by atoms with Crippen molar-refractivity contribution in [3.63, 3.8) is 0 Å². The molecule has 6 nitrogen and oxygen atoms in total. The molecule has 1 atom stereocenters. The summed E-state index contributed by atoms with van der Waals surface area (Å²) in [6, 6.07) is 0. The molecule has 2 N–H and O–H groups in total. The number of allylic oxidation sites excluding steroid dienone is 2. The zero-order valence-corrected chi connectivity index (χ0v) is 9.39. The van der Waals surface area contributed by atoms with E-state index < -0.39 is 23.3 Å². The molecule has 0 unspecified atom stereocenters. The highest BCUT2D eigenvalue weighted by Crippen LogP contribution is 2.38. The van der Waals surface area contributed by atoms with Gasteiger partial charge in [0.15, 0.2) is 0 Å².